The zero-order chi connectivity index (χ0) is 23.4. The van der Waals surface area contributed by atoms with Crippen LogP contribution in [0.5, 0.6) is 0 Å². The van der Waals surface area contributed by atoms with Crippen LogP contribution in [0.3, 0.4) is 0 Å². The summed E-state index contributed by atoms with van der Waals surface area (Å²) in [5, 5.41) is 0. The van der Waals surface area contributed by atoms with E-state index in [0.717, 1.165) is 24.8 Å². The molecule has 0 unspecified atom stereocenters. The fraction of sp³-hybridized carbons (Fsp3) is 0.357. The predicted octanol–water partition coefficient (Wildman–Crippen LogP) is 7.85. The number of ether oxygens (including phenoxy) is 2. The smallest absolute Gasteiger partial charge is 0.186 e. The molecule has 0 bridgehead atoms. The largest absolute Gasteiger partial charge is 0.348 e. The first kappa shape index (κ1) is 23.5. The summed E-state index contributed by atoms with van der Waals surface area (Å²) in [5.74, 6) is -1.66. The van der Waals surface area contributed by atoms with Gasteiger partial charge in [0.25, 0.3) is 0 Å². The van der Waals surface area contributed by atoms with Gasteiger partial charge >= 0.3 is 0 Å². The monoisotopic (exact) mass is 454 g/mol. The molecule has 0 atom stereocenters. The average Bonchev–Trinajstić information content (AvgIpc) is 2.83. The van der Waals surface area contributed by atoms with E-state index in [-0.39, 0.29) is 5.56 Å². The van der Waals surface area contributed by atoms with Crippen molar-refractivity contribution in [3.63, 3.8) is 0 Å². The summed E-state index contributed by atoms with van der Waals surface area (Å²) in [6, 6.07) is 15.2. The van der Waals surface area contributed by atoms with Gasteiger partial charge in [0.1, 0.15) is 5.82 Å². The first-order chi connectivity index (χ1) is 16.0. The molecule has 0 amide bonds. The molecule has 3 aromatic carbocycles. The Morgan fingerprint density at radius 2 is 1.42 bits per heavy atom. The first-order valence-electron chi connectivity index (χ1n) is 11.6. The van der Waals surface area contributed by atoms with E-state index in [1.54, 1.807) is 42.5 Å². The molecule has 5 heteroatoms. The molecule has 0 aromatic heterocycles. The van der Waals surface area contributed by atoms with Crippen LogP contribution in [0.25, 0.3) is 22.3 Å². The van der Waals surface area contributed by atoms with Crippen molar-refractivity contribution in [2.75, 3.05) is 13.2 Å². The second kappa shape index (κ2) is 10.5. The maximum absolute atomic E-state index is 14.9. The zero-order valence-electron chi connectivity index (χ0n) is 19.0. The number of rotatable bonds is 7. The van der Waals surface area contributed by atoms with Gasteiger partial charge < -0.3 is 9.47 Å². The van der Waals surface area contributed by atoms with Gasteiger partial charge in [-0.3, -0.25) is 0 Å². The lowest BCUT2D eigenvalue weighted by molar-refractivity contribution is -0.207. The number of aryl methyl sites for hydroxylation is 1. The van der Waals surface area contributed by atoms with Crippen LogP contribution in [0.4, 0.5) is 13.2 Å². The van der Waals surface area contributed by atoms with Crippen molar-refractivity contribution in [1.82, 2.24) is 0 Å². The van der Waals surface area contributed by atoms with E-state index >= 15 is 0 Å². The highest BCUT2D eigenvalue weighted by Crippen LogP contribution is 2.33. The average molecular weight is 455 g/mol. The van der Waals surface area contributed by atoms with Gasteiger partial charge in [-0.05, 0) is 41.2 Å². The molecule has 33 heavy (non-hydrogen) atoms. The van der Waals surface area contributed by atoms with Crippen molar-refractivity contribution < 1.29 is 22.6 Å². The van der Waals surface area contributed by atoms with E-state index < -0.39 is 23.7 Å². The molecule has 1 aliphatic heterocycles. The summed E-state index contributed by atoms with van der Waals surface area (Å²) in [5.41, 5.74) is 3.02. The molecule has 0 N–H and O–H groups in total. The van der Waals surface area contributed by atoms with Gasteiger partial charge in [-0.25, -0.2) is 13.2 Å². The van der Waals surface area contributed by atoms with Crippen LogP contribution < -0.4 is 0 Å². The third-order valence-corrected chi connectivity index (χ3v) is 6.13. The summed E-state index contributed by atoms with van der Waals surface area (Å²) in [7, 11) is 0. The van der Waals surface area contributed by atoms with Crippen molar-refractivity contribution in [3.8, 4) is 22.3 Å². The molecule has 3 aromatic rings. The fourth-order valence-electron chi connectivity index (χ4n) is 4.31. The Kier molecular flexibility index (Phi) is 7.51. The van der Waals surface area contributed by atoms with Crippen molar-refractivity contribution in [1.29, 1.82) is 0 Å². The molecule has 174 valence electrons. The van der Waals surface area contributed by atoms with Crippen LogP contribution in [-0.2, 0) is 15.9 Å². The van der Waals surface area contributed by atoms with Crippen LogP contribution >= 0.6 is 0 Å². The van der Waals surface area contributed by atoms with Gasteiger partial charge in [0.15, 0.2) is 17.9 Å². The predicted molar refractivity (Wildman–Crippen MR) is 124 cm³/mol. The van der Waals surface area contributed by atoms with Gasteiger partial charge in [0, 0.05) is 17.0 Å². The number of benzene rings is 3. The van der Waals surface area contributed by atoms with Crippen LogP contribution in [0.1, 0.15) is 50.5 Å². The molecule has 1 fully saturated rings. The first-order valence-corrected chi connectivity index (χ1v) is 11.6. The number of hydrogen-bond donors (Lipinski definition) is 0. The molecule has 1 saturated heterocycles. The van der Waals surface area contributed by atoms with Crippen molar-refractivity contribution in [2.45, 2.75) is 45.8 Å². The third-order valence-electron chi connectivity index (χ3n) is 6.13. The molecule has 4 rings (SSSR count). The Bertz CT molecular complexity index is 1090. The second-order valence-electron chi connectivity index (χ2n) is 8.62. The molecule has 1 aliphatic rings. The molecule has 0 saturated carbocycles. The van der Waals surface area contributed by atoms with Crippen LogP contribution in [0.2, 0.25) is 0 Å². The summed E-state index contributed by atoms with van der Waals surface area (Å²) < 4.78 is 55.3. The lowest BCUT2D eigenvalue weighted by atomic mass is 9.97. The fourth-order valence-corrected chi connectivity index (χ4v) is 4.31. The second-order valence-corrected chi connectivity index (χ2v) is 8.62. The summed E-state index contributed by atoms with van der Waals surface area (Å²) in [4.78, 5) is 0. The van der Waals surface area contributed by atoms with E-state index in [1.807, 2.05) is 13.0 Å². The molecular weight excluding hydrogens is 425 g/mol. The highest BCUT2D eigenvalue weighted by Gasteiger charge is 2.25. The zero-order valence-corrected chi connectivity index (χ0v) is 19.0. The number of hydrogen-bond acceptors (Lipinski definition) is 2. The lowest BCUT2D eigenvalue weighted by Gasteiger charge is -2.29. The highest BCUT2D eigenvalue weighted by atomic mass is 19.2. The maximum Gasteiger partial charge on any atom is 0.186 e. The summed E-state index contributed by atoms with van der Waals surface area (Å²) in [6.45, 7) is 5.18. The molecule has 0 aliphatic carbocycles. The van der Waals surface area contributed by atoms with E-state index in [9.17, 15) is 13.2 Å². The minimum absolute atomic E-state index is 0.216. The Morgan fingerprint density at radius 1 is 0.758 bits per heavy atom. The van der Waals surface area contributed by atoms with Crippen molar-refractivity contribution in [2.24, 2.45) is 5.92 Å². The Labute approximate surface area is 193 Å². The van der Waals surface area contributed by atoms with Crippen LogP contribution in [0.15, 0.2) is 54.6 Å². The van der Waals surface area contributed by atoms with Crippen molar-refractivity contribution in [3.05, 3.63) is 83.2 Å². The topological polar surface area (TPSA) is 18.5 Å². The van der Waals surface area contributed by atoms with E-state index in [4.69, 9.17) is 9.47 Å². The molecule has 1 heterocycles. The van der Waals surface area contributed by atoms with E-state index in [1.165, 1.54) is 6.07 Å². The van der Waals surface area contributed by atoms with Gasteiger partial charge in [-0.2, -0.15) is 0 Å². The molecule has 0 radical (unpaired) electrons. The normalized spacial score (nSPS) is 18.5. The Morgan fingerprint density at radius 3 is 2.06 bits per heavy atom. The Balaban J connectivity index is 1.51. The van der Waals surface area contributed by atoms with Crippen LogP contribution in [-0.4, -0.2) is 13.2 Å². The van der Waals surface area contributed by atoms with E-state index in [2.05, 4.69) is 6.92 Å². The van der Waals surface area contributed by atoms with Gasteiger partial charge in [0.2, 0.25) is 0 Å². The number of halogens is 3. The molecule has 2 nitrogen and oxygen atoms in total. The van der Waals surface area contributed by atoms with Gasteiger partial charge in [-0.1, -0.05) is 75.2 Å². The third kappa shape index (κ3) is 5.15. The maximum atomic E-state index is 14.9. The van der Waals surface area contributed by atoms with E-state index in [0.29, 0.717) is 47.8 Å². The minimum Gasteiger partial charge on any atom is -0.348 e. The Hall–Kier alpha value is -2.63. The van der Waals surface area contributed by atoms with Gasteiger partial charge in [0.05, 0.1) is 13.2 Å². The SMILES string of the molecule is CCCc1ccc(-c2ccc(-c3ccc(C4OCC(CCC)CO4)c(F)c3)cc2)c(F)c1F. The quantitative estimate of drug-likeness (QED) is 0.362. The summed E-state index contributed by atoms with van der Waals surface area (Å²) >= 11 is 0. The molecular formula is C28H29F3O2. The minimum atomic E-state index is -0.835. The highest BCUT2D eigenvalue weighted by molar-refractivity contribution is 5.71. The molecule has 0 spiro atoms. The lowest BCUT2D eigenvalue weighted by Crippen LogP contribution is -2.27. The summed E-state index contributed by atoms with van der Waals surface area (Å²) in [6.07, 6.45) is 2.65. The standard InChI is InChI=1S/C28H29F3O2/c1-3-5-18-16-32-28(33-17-18)24-14-12-22(15-25(24)29)19-7-9-20(10-8-19)23-13-11-21(6-4-2)26(30)27(23)31/h7-15,18,28H,3-6,16-17H2,1-2H3. The van der Waals surface area contributed by atoms with Crippen molar-refractivity contribution >= 4 is 0 Å². The van der Waals surface area contributed by atoms with Gasteiger partial charge in [-0.15, -0.1) is 0 Å². The van der Waals surface area contributed by atoms with Crippen LogP contribution in [0, 0.1) is 23.4 Å².